The zero-order valence-corrected chi connectivity index (χ0v) is 26.5. The molecule has 0 aliphatic carbocycles. The van der Waals surface area contributed by atoms with E-state index >= 15 is 0 Å². The summed E-state index contributed by atoms with van der Waals surface area (Å²) in [6, 6.07) is 34.4. The molecule has 2 heterocycles. The van der Waals surface area contributed by atoms with Gasteiger partial charge >= 0.3 is 12.4 Å². The summed E-state index contributed by atoms with van der Waals surface area (Å²) in [4.78, 5) is 0. The van der Waals surface area contributed by atoms with E-state index in [0.717, 1.165) is 5.39 Å². The van der Waals surface area contributed by atoms with Gasteiger partial charge in [0, 0.05) is 32.7 Å². The van der Waals surface area contributed by atoms with E-state index in [0.29, 0.717) is 62.0 Å². The monoisotopic (exact) mass is 695 g/mol. The van der Waals surface area contributed by atoms with Crippen LogP contribution < -0.4 is 0 Å². The van der Waals surface area contributed by atoms with Crippen LogP contribution in [0.1, 0.15) is 27.8 Å². The number of fused-ring (bicyclic) bond motifs is 6. The van der Waals surface area contributed by atoms with Gasteiger partial charge in [-0.15, -0.1) is 0 Å². The molecule has 0 spiro atoms. The lowest BCUT2D eigenvalue weighted by molar-refractivity contribution is -0.142. The number of nitriles is 3. The van der Waals surface area contributed by atoms with Crippen molar-refractivity contribution in [3.8, 4) is 40.7 Å². The molecule has 52 heavy (non-hydrogen) atoms. The van der Waals surface area contributed by atoms with Crippen molar-refractivity contribution >= 4 is 43.6 Å². The summed E-state index contributed by atoms with van der Waals surface area (Å²) in [5, 5.41) is 33.3. The molecule has 0 saturated heterocycles. The van der Waals surface area contributed by atoms with Crippen LogP contribution in [0.15, 0.2) is 115 Å². The third-order valence-corrected chi connectivity index (χ3v) is 9.28. The van der Waals surface area contributed by atoms with Gasteiger partial charge in [-0.25, -0.2) is 0 Å². The van der Waals surface area contributed by atoms with Crippen molar-refractivity contribution < 1.29 is 26.3 Å². The minimum Gasteiger partial charge on any atom is -0.308 e. The van der Waals surface area contributed by atoms with Gasteiger partial charge in [-0.2, -0.15) is 42.1 Å². The van der Waals surface area contributed by atoms with Crippen molar-refractivity contribution in [1.82, 2.24) is 9.13 Å². The standard InChI is InChI=1S/C41H19F6N5/c42-40(43,44)31-8-5-9-32(41(45,46)47)38(31)29-16-17-35(51-33-10-3-1-6-25(33)27-14-12-23(20-48)18-36(27)51)30(22-50)39(29)52-34-11-4-2-7-26(34)28-15-13-24(21-49)19-37(28)52/h1-19H. The second-order valence-electron chi connectivity index (χ2n) is 12.1. The van der Waals surface area contributed by atoms with Crippen LogP contribution >= 0.6 is 0 Å². The lowest BCUT2D eigenvalue weighted by atomic mass is 9.90. The molecule has 0 saturated carbocycles. The molecule has 11 heteroatoms. The maximum Gasteiger partial charge on any atom is 0.417 e. The summed E-state index contributed by atoms with van der Waals surface area (Å²) < 4.78 is 91.8. The SMILES string of the molecule is N#Cc1ccc2c3ccccc3n(-c3ccc(-c4c(C(F)(F)F)cccc4C(F)(F)F)c(-n4c5ccccc5c5ccc(C#N)cc54)c3C#N)c2c1. The highest BCUT2D eigenvalue weighted by Crippen LogP contribution is 2.49. The normalized spacial score (nSPS) is 12.0. The Morgan fingerprint density at radius 3 is 1.44 bits per heavy atom. The second-order valence-corrected chi connectivity index (χ2v) is 12.1. The lowest BCUT2D eigenvalue weighted by Gasteiger charge is -2.24. The lowest BCUT2D eigenvalue weighted by Crippen LogP contribution is -2.16. The van der Waals surface area contributed by atoms with Gasteiger partial charge in [-0.3, -0.25) is 0 Å². The molecule has 0 radical (unpaired) electrons. The van der Waals surface area contributed by atoms with Crippen LogP contribution in [0.2, 0.25) is 0 Å². The van der Waals surface area contributed by atoms with Gasteiger partial charge in [0.15, 0.2) is 0 Å². The minimum absolute atomic E-state index is 0.156. The number of nitrogens with zero attached hydrogens (tertiary/aromatic N) is 5. The Bertz CT molecular complexity index is 2890. The smallest absolute Gasteiger partial charge is 0.308 e. The Morgan fingerprint density at radius 1 is 0.462 bits per heavy atom. The average molecular weight is 696 g/mol. The average Bonchev–Trinajstić information content (AvgIpc) is 3.64. The molecular weight excluding hydrogens is 676 g/mol. The van der Waals surface area contributed by atoms with Crippen molar-refractivity contribution in [3.63, 3.8) is 0 Å². The van der Waals surface area contributed by atoms with Crippen molar-refractivity contribution in [3.05, 3.63) is 143 Å². The van der Waals surface area contributed by atoms with Gasteiger partial charge in [0.2, 0.25) is 0 Å². The fourth-order valence-corrected chi connectivity index (χ4v) is 7.21. The number of para-hydroxylation sites is 2. The van der Waals surface area contributed by atoms with Crippen LogP contribution in [-0.4, -0.2) is 9.13 Å². The molecule has 8 aromatic rings. The Morgan fingerprint density at radius 2 is 0.942 bits per heavy atom. The number of rotatable bonds is 3. The van der Waals surface area contributed by atoms with Gasteiger partial charge in [0.25, 0.3) is 0 Å². The summed E-state index contributed by atoms with van der Waals surface area (Å²) in [6.07, 6.45) is -10.4. The predicted molar refractivity (Wildman–Crippen MR) is 185 cm³/mol. The van der Waals surface area contributed by atoms with E-state index in [1.54, 1.807) is 71.3 Å². The third kappa shape index (κ3) is 4.77. The van der Waals surface area contributed by atoms with Crippen LogP contribution in [0, 0.1) is 34.0 Å². The van der Waals surface area contributed by atoms with E-state index in [9.17, 15) is 42.1 Å². The molecule has 0 N–H and O–H groups in total. The third-order valence-electron chi connectivity index (χ3n) is 9.28. The molecule has 0 aliphatic rings. The first-order chi connectivity index (χ1) is 25.0. The Kier molecular flexibility index (Phi) is 7.13. The molecule has 0 fully saturated rings. The topological polar surface area (TPSA) is 81.2 Å². The van der Waals surface area contributed by atoms with Crippen LogP contribution in [-0.2, 0) is 12.4 Å². The van der Waals surface area contributed by atoms with E-state index in [1.165, 1.54) is 22.8 Å². The molecule has 0 unspecified atom stereocenters. The van der Waals surface area contributed by atoms with E-state index in [4.69, 9.17) is 0 Å². The van der Waals surface area contributed by atoms with Crippen molar-refractivity contribution in [2.24, 2.45) is 0 Å². The van der Waals surface area contributed by atoms with E-state index in [2.05, 4.69) is 18.2 Å². The summed E-state index contributed by atoms with van der Waals surface area (Å²) in [7, 11) is 0. The van der Waals surface area contributed by atoms with Gasteiger partial charge in [-0.05, 0) is 54.6 Å². The number of aromatic nitrogens is 2. The Labute approximate surface area is 290 Å². The molecule has 0 aliphatic heterocycles. The van der Waals surface area contributed by atoms with E-state index < -0.39 is 34.6 Å². The fourth-order valence-electron chi connectivity index (χ4n) is 7.21. The number of benzene rings is 6. The quantitative estimate of drug-likeness (QED) is 0.173. The molecule has 0 atom stereocenters. The summed E-state index contributed by atoms with van der Waals surface area (Å²) in [5.74, 6) is 0. The maximum atomic E-state index is 14.8. The van der Waals surface area contributed by atoms with Crippen molar-refractivity contribution in [2.45, 2.75) is 12.4 Å². The van der Waals surface area contributed by atoms with Gasteiger partial charge in [0.1, 0.15) is 11.6 Å². The molecular formula is C41H19F6N5. The second kappa shape index (κ2) is 11.5. The van der Waals surface area contributed by atoms with Crippen molar-refractivity contribution in [1.29, 1.82) is 15.8 Å². The number of alkyl halides is 6. The highest BCUT2D eigenvalue weighted by Gasteiger charge is 2.42. The summed E-state index contributed by atoms with van der Waals surface area (Å²) in [6.45, 7) is 0. The highest BCUT2D eigenvalue weighted by atomic mass is 19.4. The van der Waals surface area contributed by atoms with Crippen LogP contribution in [0.25, 0.3) is 66.1 Å². The van der Waals surface area contributed by atoms with Crippen LogP contribution in [0.4, 0.5) is 26.3 Å². The van der Waals surface area contributed by atoms with Crippen LogP contribution in [0.3, 0.4) is 0 Å². The summed E-state index contributed by atoms with van der Waals surface area (Å²) in [5.41, 5.74) is -2.79. The highest BCUT2D eigenvalue weighted by molar-refractivity contribution is 6.12. The molecule has 0 amide bonds. The Hall–Kier alpha value is -7.03. The largest absolute Gasteiger partial charge is 0.417 e. The molecule has 250 valence electrons. The maximum absolute atomic E-state index is 14.8. The number of hydrogen-bond acceptors (Lipinski definition) is 3. The van der Waals surface area contributed by atoms with Crippen molar-refractivity contribution in [2.75, 3.05) is 0 Å². The van der Waals surface area contributed by atoms with E-state index in [1.807, 2.05) is 12.1 Å². The van der Waals surface area contributed by atoms with E-state index in [-0.39, 0.29) is 22.5 Å². The first-order valence-electron chi connectivity index (χ1n) is 15.7. The number of hydrogen-bond donors (Lipinski definition) is 0. The zero-order valence-electron chi connectivity index (χ0n) is 26.5. The molecule has 5 nitrogen and oxygen atoms in total. The van der Waals surface area contributed by atoms with Gasteiger partial charge < -0.3 is 9.13 Å². The fraction of sp³-hybridized carbons (Fsp3) is 0.0488. The Balaban J connectivity index is 1.64. The molecule has 8 rings (SSSR count). The van der Waals surface area contributed by atoms with Crippen LogP contribution in [0.5, 0.6) is 0 Å². The first kappa shape index (κ1) is 32.2. The minimum atomic E-state index is -5.21. The molecule has 0 bridgehead atoms. The zero-order chi connectivity index (χ0) is 36.5. The summed E-state index contributed by atoms with van der Waals surface area (Å²) >= 11 is 0. The molecule has 6 aromatic carbocycles. The molecule has 2 aromatic heterocycles. The van der Waals surface area contributed by atoms with Gasteiger partial charge in [0.05, 0.1) is 67.8 Å². The number of halogens is 6. The first-order valence-corrected chi connectivity index (χ1v) is 15.7. The predicted octanol–water partition coefficient (Wildman–Crippen LogP) is 11.2. The van der Waals surface area contributed by atoms with Gasteiger partial charge in [-0.1, -0.05) is 60.7 Å².